The van der Waals surface area contributed by atoms with Crippen LogP contribution >= 0.6 is 23.2 Å². The Hall–Kier alpha value is -2.50. The predicted octanol–water partition coefficient (Wildman–Crippen LogP) is 6.19. The lowest BCUT2D eigenvalue weighted by Gasteiger charge is -2.18. The number of fused-ring (bicyclic) bond motifs is 1. The van der Waals surface area contributed by atoms with Gasteiger partial charge in [0.1, 0.15) is 0 Å². The Morgan fingerprint density at radius 2 is 1.93 bits per heavy atom. The zero-order valence-electron chi connectivity index (χ0n) is 14.6. The van der Waals surface area contributed by atoms with Crippen molar-refractivity contribution in [3.63, 3.8) is 0 Å². The van der Waals surface area contributed by atoms with Crippen molar-refractivity contribution in [1.29, 1.82) is 0 Å². The van der Waals surface area contributed by atoms with Gasteiger partial charge in [0.2, 0.25) is 0 Å². The third-order valence-electron chi connectivity index (χ3n) is 4.37. The van der Waals surface area contributed by atoms with Crippen molar-refractivity contribution < 1.29 is 18.7 Å². The Morgan fingerprint density at radius 1 is 1.21 bits per heavy atom. The number of benzene rings is 2. The summed E-state index contributed by atoms with van der Waals surface area (Å²) in [5, 5.41) is 11.1. The molecule has 1 aromatic heterocycles. The molecule has 0 aliphatic carbocycles. The van der Waals surface area contributed by atoms with Crippen LogP contribution in [0.4, 0.5) is 8.78 Å². The fraction of sp³-hybridized carbons (Fsp3) is 0.143. The molecule has 0 fully saturated rings. The lowest BCUT2D eigenvalue weighted by Crippen LogP contribution is -2.21. The first kappa shape index (κ1) is 20.2. The smallest absolute Gasteiger partial charge is 0.337 e. The summed E-state index contributed by atoms with van der Waals surface area (Å²) in [6.07, 6.45) is -0.250. The van der Waals surface area contributed by atoms with Crippen LogP contribution < -0.4 is 0 Å². The fourth-order valence-electron chi connectivity index (χ4n) is 3.05. The minimum atomic E-state index is -3.29. The second-order valence-corrected chi connectivity index (χ2v) is 7.13. The minimum absolute atomic E-state index is 0.132. The monoisotopic (exact) mass is 421 g/mol. The SMILES string of the molecule is C=CC(F)(F)Cc1nc2ccc(Cl)cc2c(Cc2ccccc2Cl)c1C(=O)O. The summed E-state index contributed by atoms with van der Waals surface area (Å²) >= 11 is 12.3. The van der Waals surface area contributed by atoms with Crippen LogP contribution in [0.15, 0.2) is 55.1 Å². The number of alkyl halides is 2. The summed E-state index contributed by atoms with van der Waals surface area (Å²) in [6.45, 7) is 3.12. The molecule has 1 heterocycles. The van der Waals surface area contributed by atoms with Crippen LogP contribution in [0.25, 0.3) is 10.9 Å². The second kappa shape index (κ2) is 7.86. The number of rotatable bonds is 6. The highest BCUT2D eigenvalue weighted by Crippen LogP contribution is 2.32. The number of nitrogens with zero attached hydrogens (tertiary/aromatic N) is 1. The van der Waals surface area contributed by atoms with Crippen molar-refractivity contribution in [2.45, 2.75) is 18.8 Å². The van der Waals surface area contributed by atoms with Crippen LogP contribution in [0.3, 0.4) is 0 Å². The molecular formula is C21H15Cl2F2NO2. The van der Waals surface area contributed by atoms with E-state index in [0.29, 0.717) is 38.2 Å². The number of halogens is 4. The molecule has 7 heteroatoms. The summed E-state index contributed by atoms with van der Waals surface area (Å²) in [5.74, 6) is -4.63. The van der Waals surface area contributed by atoms with E-state index in [1.165, 1.54) is 0 Å². The first-order valence-electron chi connectivity index (χ1n) is 8.31. The molecule has 1 N–H and O–H groups in total. The lowest BCUT2D eigenvalue weighted by molar-refractivity contribution is 0.0542. The van der Waals surface area contributed by atoms with E-state index in [-0.39, 0.29) is 17.7 Å². The van der Waals surface area contributed by atoms with Crippen molar-refractivity contribution in [3.8, 4) is 0 Å². The van der Waals surface area contributed by atoms with Crippen molar-refractivity contribution >= 4 is 40.1 Å². The molecule has 144 valence electrons. The fourth-order valence-corrected chi connectivity index (χ4v) is 3.42. The van der Waals surface area contributed by atoms with Gasteiger partial charge in [-0.2, -0.15) is 0 Å². The van der Waals surface area contributed by atoms with Crippen molar-refractivity contribution in [2.75, 3.05) is 0 Å². The van der Waals surface area contributed by atoms with E-state index in [9.17, 15) is 18.7 Å². The van der Waals surface area contributed by atoms with Gasteiger partial charge in [0, 0.05) is 21.9 Å². The van der Waals surface area contributed by atoms with Crippen LogP contribution in [0.1, 0.15) is 27.2 Å². The molecule has 0 saturated carbocycles. The first-order valence-corrected chi connectivity index (χ1v) is 9.06. The maximum Gasteiger partial charge on any atom is 0.337 e. The van der Waals surface area contributed by atoms with Gasteiger partial charge in [0.05, 0.1) is 23.2 Å². The number of carbonyl (C=O) groups is 1. The number of allylic oxidation sites excluding steroid dienone is 1. The third-order valence-corrected chi connectivity index (χ3v) is 4.97. The average molecular weight is 422 g/mol. The summed E-state index contributed by atoms with van der Waals surface area (Å²) in [5.41, 5.74) is 0.903. The molecule has 0 aliphatic rings. The Labute approximate surface area is 170 Å². The summed E-state index contributed by atoms with van der Waals surface area (Å²) in [7, 11) is 0. The van der Waals surface area contributed by atoms with Gasteiger partial charge >= 0.3 is 5.97 Å². The highest BCUT2D eigenvalue weighted by atomic mass is 35.5. The predicted molar refractivity (Wildman–Crippen MR) is 107 cm³/mol. The molecule has 0 aliphatic heterocycles. The quantitative estimate of drug-likeness (QED) is 0.482. The second-order valence-electron chi connectivity index (χ2n) is 6.29. The highest BCUT2D eigenvalue weighted by molar-refractivity contribution is 6.31. The van der Waals surface area contributed by atoms with Gasteiger partial charge in [0.25, 0.3) is 5.92 Å². The van der Waals surface area contributed by atoms with Crippen LogP contribution in [0, 0.1) is 0 Å². The highest BCUT2D eigenvalue weighted by Gasteiger charge is 2.30. The number of aromatic nitrogens is 1. The average Bonchev–Trinajstić information content (AvgIpc) is 2.63. The normalized spacial score (nSPS) is 11.6. The maximum atomic E-state index is 14.0. The van der Waals surface area contributed by atoms with Gasteiger partial charge in [-0.05, 0) is 41.5 Å². The third kappa shape index (κ3) is 4.16. The number of pyridine rings is 1. The van der Waals surface area contributed by atoms with Crippen molar-refractivity contribution in [2.24, 2.45) is 0 Å². The molecular weight excluding hydrogens is 407 g/mol. The number of carboxylic acid groups (broad SMARTS) is 1. The summed E-state index contributed by atoms with van der Waals surface area (Å²) in [6, 6.07) is 11.7. The number of hydrogen-bond donors (Lipinski definition) is 1. The number of aromatic carboxylic acids is 1. The van der Waals surface area contributed by atoms with Crippen LogP contribution in [0.2, 0.25) is 10.0 Å². The maximum absolute atomic E-state index is 14.0. The standard InChI is InChI=1S/C21H15Cl2F2NO2/c1-2-21(24,25)11-18-19(20(27)28)15(9-12-5-3-4-6-16(12)23)14-10-13(22)7-8-17(14)26-18/h2-8,10H,1,9,11H2,(H,27,28). The van der Waals surface area contributed by atoms with Gasteiger partial charge in [-0.3, -0.25) is 4.98 Å². The van der Waals surface area contributed by atoms with Crippen LogP contribution in [-0.4, -0.2) is 22.0 Å². The molecule has 0 saturated heterocycles. The van der Waals surface area contributed by atoms with Gasteiger partial charge in [0.15, 0.2) is 0 Å². The van der Waals surface area contributed by atoms with Gasteiger partial charge in [-0.25, -0.2) is 13.6 Å². The molecule has 0 spiro atoms. The molecule has 0 bridgehead atoms. The Kier molecular flexibility index (Phi) is 5.68. The topological polar surface area (TPSA) is 50.2 Å². The molecule has 0 atom stereocenters. The Bertz CT molecular complexity index is 1080. The van der Waals surface area contributed by atoms with Crippen LogP contribution in [0.5, 0.6) is 0 Å². The molecule has 28 heavy (non-hydrogen) atoms. The van der Waals surface area contributed by atoms with Crippen molar-refractivity contribution in [3.05, 3.63) is 87.5 Å². The molecule has 0 amide bonds. The largest absolute Gasteiger partial charge is 0.478 e. The molecule has 3 nitrogen and oxygen atoms in total. The van der Waals surface area contributed by atoms with E-state index in [0.717, 1.165) is 0 Å². The Balaban J connectivity index is 2.32. The van der Waals surface area contributed by atoms with E-state index in [1.807, 2.05) is 0 Å². The van der Waals surface area contributed by atoms with E-state index >= 15 is 0 Å². The number of carboxylic acids is 1. The molecule has 2 aromatic carbocycles. The molecule has 0 radical (unpaired) electrons. The zero-order chi connectivity index (χ0) is 20.5. The van der Waals surface area contributed by atoms with Crippen molar-refractivity contribution in [1.82, 2.24) is 4.98 Å². The van der Waals surface area contributed by atoms with Gasteiger partial charge in [-0.15, -0.1) is 0 Å². The van der Waals surface area contributed by atoms with Crippen LogP contribution in [-0.2, 0) is 12.8 Å². The van der Waals surface area contributed by atoms with E-state index in [1.54, 1.807) is 42.5 Å². The molecule has 3 aromatic rings. The first-order chi connectivity index (χ1) is 13.2. The molecule has 3 rings (SSSR count). The van der Waals surface area contributed by atoms with E-state index < -0.39 is 18.3 Å². The summed E-state index contributed by atoms with van der Waals surface area (Å²) < 4.78 is 28.0. The zero-order valence-corrected chi connectivity index (χ0v) is 16.1. The Morgan fingerprint density at radius 3 is 2.57 bits per heavy atom. The lowest BCUT2D eigenvalue weighted by atomic mass is 9.92. The summed E-state index contributed by atoms with van der Waals surface area (Å²) in [4.78, 5) is 16.2. The van der Waals surface area contributed by atoms with E-state index in [4.69, 9.17) is 23.2 Å². The van der Waals surface area contributed by atoms with Gasteiger partial charge in [-0.1, -0.05) is 48.0 Å². The minimum Gasteiger partial charge on any atom is -0.478 e. The van der Waals surface area contributed by atoms with Gasteiger partial charge < -0.3 is 5.11 Å². The number of hydrogen-bond acceptors (Lipinski definition) is 2. The molecule has 0 unspecified atom stereocenters. The van der Waals surface area contributed by atoms with E-state index in [2.05, 4.69) is 11.6 Å².